The van der Waals surface area contributed by atoms with Crippen LogP contribution in [0.4, 0.5) is 19.0 Å². The highest BCUT2D eigenvalue weighted by Crippen LogP contribution is 2.29. The molecule has 20 heavy (non-hydrogen) atoms. The maximum atomic E-state index is 12.6. The average molecular weight is 311 g/mol. The van der Waals surface area contributed by atoms with Crippen molar-refractivity contribution in [2.45, 2.75) is 19.5 Å². The van der Waals surface area contributed by atoms with Crippen molar-refractivity contribution in [2.75, 3.05) is 18.0 Å². The van der Waals surface area contributed by atoms with Gasteiger partial charge < -0.3 is 15.8 Å². The van der Waals surface area contributed by atoms with Gasteiger partial charge in [-0.05, 0) is 12.5 Å². The summed E-state index contributed by atoms with van der Waals surface area (Å²) in [6.45, 7) is 0.698. The molecule has 0 aromatic carbocycles. The fourth-order valence-corrected chi connectivity index (χ4v) is 1.98. The van der Waals surface area contributed by atoms with Gasteiger partial charge in [0.05, 0.1) is 5.02 Å². The molecule has 0 atom stereocenters. The van der Waals surface area contributed by atoms with Gasteiger partial charge >= 0.3 is 6.18 Å². The maximum absolute atomic E-state index is 12.6. The highest BCUT2D eigenvalue weighted by atomic mass is 35.5. The monoisotopic (exact) mass is 310 g/mol. The van der Waals surface area contributed by atoms with Gasteiger partial charge in [-0.25, -0.2) is 4.98 Å². The molecule has 0 bridgehead atoms. The summed E-state index contributed by atoms with van der Waals surface area (Å²) in [5, 5.41) is 11.3. The van der Waals surface area contributed by atoms with Crippen molar-refractivity contribution in [3.8, 4) is 0 Å². The van der Waals surface area contributed by atoms with Crippen LogP contribution in [0.25, 0.3) is 0 Å². The number of rotatable bonds is 5. The van der Waals surface area contributed by atoms with E-state index in [1.165, 1.54) is 12.3 Å². The first-order valence-electron chi connectivity index (χ1n) is 5.74. The standard InChI is InChI=1S/C11H14ClF3N4O/c1-2-5-19(6-11(13,14)15)10-8(12)7(3-4-17-10)9(16)18-20/h3-4,20H,2,5-6H2,1H3,(H2,16,18). The highest BCUT2D eigenvalue weighted by molar-refractivity contribution is 6.36. The predicted molar refractivity (Wildman–Crippen MR) is 70.3 cm³/mol. The van der Waals surface area contributed by atoms with E-state index in [2.05, 4.69) is 10.1 Å². The van der Waals surface area contributed by atoms with Crippen molar-refractivity contribution in [1.82, 2.24) is 4.98 Å². The van der Waals surface area contributed by atoms with Crippen LogP contribution in [0.5, 0.6) is 0 Å². The van der Waals surface area contributed by atoms with Crippen molar-refractivity contribution < 1.29 is 18.4 Å². The Morgan fingerprint density at radius 1 is 1.55 bits per heavy atom. The van der Waals surface area contributed by atoms with Crippen LogP contribution >= 0.6 is 11.6 Å². The Morgan fingerprint density at radius 2 is 2.20 bits per heavy atom. The number of oxime groups is 1. The van der Waals surface area contributed by atoms with Gasteiger partial charge in [0.25, 0.3) is 0 Å². The molecule has 0 fully saturated rings. The second kappa shape index (κ2) is 6.65. The second-order valence-electron chi connectivity index (χ2n) is 4.02. The number of pyridine rings is 1. The molecule has 1 aromatic rings. The highest BCUT2D eigenvalue weighted by Gasteiger charge is 2.32. The van der Waals surface area contributed by atoms with E-state index in [0.29, 0.717) is 6.42 Å². The van der Waals surface area contributed by atoms with E-state index in [4.69, 9.17) is 22.5 Å². The summed E-state index contributed by atoms with van der Waals surface area (Å²) in [7, 11) is 0. The quantitative estimate of drug-likeness (QED) is 0.379. The Hall–Kier alpha value is -1.70. The van der Waals surface area contributed by atoms with Crippen LogP contribution in [0.2, 0.25) is 5.02 Å². The third-order valence-electron chi connectivity index (χ3n) is 2.42. The number of nitrogens with two attached hydrogens (primary N) is 1. The Bertz CT molecular complexity index is 493. The number of aromatic nitrogens is 1. The van der Waals surface area contributed by atoms with Crippen LogP contribution in [-0.4, -0.2) is 35.3 Å². The summed E-state index contributed by atoms with van der Waals surface area (Å²) in [6.07, 6.45) is -2.64. The maximum Gasteiger partial charge on any atom is 0.405 e. The minimum Gasteiger partial charge on any atom is -0.409 e. The zero-order valence-electron chi connectivity index (χ0n) is 10.7. The third kappa shape index (κ3) is 4.16. The lowest BCUT2D eigenvalue weighted by Gasteiger charge is -2.25. The molecule has 0 spiro atoms. The Labute approximate surface area is 118 Å². The van der Waals surface area contributed by atoms with Crippen molar-refractivity contribution >= 4 is 23.3 Å². The Balaban J connectivity index is 3.20. The summed E-state index contributed by atoms with van der Waals surface area (Å²) >= 11 is 6.00. The Morgan fingerprint density at radius 3 is 2.70 bits per heavy atom. The second-order valence-corrected chi connectivity index (χ2v) is 4.40. The zero-order valence-corrected chi connectivity index (χ0v) is 11.4. The number of amidine groups is 1. The van der Waals surface area contributed by atoms with Crippen LogP contribution in [0.3, 0.4) is 0 Å². The number of anilines is 1. The van der Waals surface area contributed by atoms with E-state index in [-0.39, 0.29) is 28.8 Å². The molecular weight excluding hydrogens is 297 g/mol. The van der Waals surface area contributed by atoms with E-state index < -0.39 is 12.7 Å². The van der Waals surface area contributed by atoms with Crippen molar-refractivity contribution in [3.63, 3.8) is 0 Å². The summed E-state index contributed by atoms with van der Waals surface area (Å²) in [6, 6.07) is 1.36. The van der Waals surface area contributed by atoms with E-state index in [1.54, 1.807) is 6.92 Å². The number of halogens is 4. The first-order valence-corrected chi connectivity index (χ1v) is 6.12. The third-order valence-corrected chi connectivity index (χ3v) is 2.79. The molecular formula is C11H14ClF3N4O. The first-order chi connectivity index (χ1) is 9.30. The fourth-order valence-electron chi connectivity index (χ4n) is 1.65. The number of hydrogen-bond donors (Lipinski definition) is 2. The summed E-state index contributed by atoms with van der Waals surface area (Å²) < 4.78 is 37.7. The van der Waals surface area contributed by atoms with Gasteiger partial charge in [-0.1, -0.05) is 23.7 Å². The lowest BCUT2D eigenvalue weighted by molar-refractivity contribution is -0.119. The van der Waals surface area contributed by atoms with Gasteiger partial charge in [0.1, 0.15) is 12.4 Å². The van der Waals surface area contributed by atoms with Crippen LogP contribution < -0.4 is 10.6 Å². The lowest BCUT2D eigenvalue weighted by Crippen LogP contribution is -2.36. The van der Waals surface area contributed by atoms with Crippen molar-refractivity contribution in [1.29, 1.82) is 0 Å². The molecule has 0 saturated carbocycles. The molecule has 112 valence electrons. The SMILES string of the molecule is CCCN(CC(F)(F)F)c1nccc(/C(N)=N/O)c1Cl. The molecule has 0 aliphatic heterocycles. The van der Waals surface area contributed by atoms with Gasteiger partial charge in [-0.15, -0.1) is 0 Å². The molecule has 0 unspecified atom stereocenters. The minimum atomic E-state index is -4.38. The largest absolute Gasteiger partial charge is 0.409 e. The van der Waals surface area contributed by atoms with Gasteiger partial charge in [-0.2, -0.15) is 13.2 Å². The van der Waals surface area contributed by atoms with Crippen LogP contribution in [-0.2, 0) is 0 Å². The van der Waals surface area contributed by atoms with E-state index >= 15 is 0 Å². The van der Waals surface area contributed by atoms with Crippen molar-refractivity contribution in [3.05, 3.63) is 22.8 Å². The number of nitrogens with zero attached hydrogens (tertiary/aromatic N) is 3. The molecule has 1 aromatic heterocycles. The molecule has 3 N–H and O–H groups in total. The molecule has 0 aliphatic carbocycles. The number of alkyl halides is 3. The molecule has 1 heterocycles. The smallest absolute Gasteiger partial charge is 0.405 e. The minimum absolute atomic E-state index is 0.0464. The Kier molecular flexibility index (Phi) is 5.43. The van der Waals surface area contributed by atoms with Crippen LogP contribution in [0.15, 0.2) is 17.4 Å². The van der Waals surface area contributed by atoms with Crippen LogP contribution in [0.1, 0.15) is 18.9 Å². The summed E-state index contributed by atoms with van der Waals surface area (Å²) in [5.74, 6) is -0.336. The topological polar surface area (TPSA) is 74.7 Å². The van der Waals surface area contributed by atoms with Crippen LogP contribution in [0, 0.1) is 0 Å². The first kappa shape index (κ1) is 16.4. The molecule has 9 heteroatoms. The summed E-state index contributed by atoms with van der Waals surface area (Å²) in [5.41, 5.74) is 5.54. The fraction of sp³-hybridized carbons (Fsp3) is 0.455. The molecule has 0 saturated heterocycles. The van der Waals surface area contributed by atoms with Gasteiger partial charge in [0.15, 0.2) is 5.84 Å². The van der Waals surface area contributed by atoms with Gasteiger partial charge in [0, 0.05) is 18.3 Å². The zero-order chi connectivity index (χ0) is 15.3. The normalized spacial score (nSPS) is 12.6. The summed E-state index contributed by atoms with van der Waals surface area (Å²) in [4.78, 5) is 4.87. The molecule has 0 radical (unpaired) electrons. The molecule has 0 aliphatic rings. The molecule has 1 rings (SSSR count). The van der Waals surface area contributed by atoms with Gasteiger partial charge in [-0.3, -0.25) is 0 Å². The van der Waals surface area contributed by atoms with E-state index in [1.807, 2.05) is 0 Å². The average Bonchev–Trinajstić information content (AvgIpc) is 2.36. The van der Waals surface area contributed by atoms with E-state index in [0.717, 1.165) is 4.90 Å². The molecule has 0 amide bonds. The number of hydrogen-bond acceptors (Lipinski definition) is 4. The molecule has 5 nitrogen and oxygen atoms in total. The lowest BCUT2D eigenvalue weighted by atomic mass is 10.2. The predicted octanol–water partition coefficient (Wildman–Crippen LogP) is 2.61. The van der Waals surface area contributed by atoms with Gasteiger partial charge in [0.2, 0.25) is 0 Å². The van der Waals surface area contributed by atoms with E-state index in [9.17, 15) is 13.2 Å². The van der Waals surface area contributed by atoms with Crippen molar-refractivity contribution in [2.24, 2.45) is 10.9 Å².